The Bertz CT molecular complexity index is 832. The molecular formula is C23H27F3O3. The summed E-state index contributed by atoms with van der Waals surface area (Å²) in [5.41, 5.74) is 1.30. The molecule has 1 aliphatic rings. The highest BCUT2D eigenvalue weighted by Gasteiger charge is 2.27. The second kappa shape index (κ2) is 9.63. The molecule has 0 radical (unpaired) electrons. The van der Waals surface area contributed by atoms with Crippen molar-refractivity contribution in [2.45, 2.75) is 70.2 Å². The number of aliphatic hydroxyl groups is 1. The highest BCUT2D eigenvalue weighted by Crippen LogP contribution is 2.37. The molecule has 0 aromatic heterocycles. The fraction of sp³-hybridized carbons (Fsp3) is 0.478. The molecule has 0 amide bonds. The maximum absolute atomic E-state index is 14.2. The van der Waals surface area contributed by atoms with Gasteiger partial charge in [0.25, 0.3) is 0 Å². The molecule has 3 rings (SSSR count). The Morgan fingerprint density at radius 1 is 1.03 bits per heavy atom. The number of ether oxygens (including phenoxy) is 1. The van der Waals surface area contributed by atoms with Crippen LogP contribution < -0.4 is 0 Å². The smallest absolute Gasteiger partial charge is 0.200 e. The van der Waals surface area contributed by atoms with E-state index < -0.39 is 29.3 Å². The largest absolute Gasteiger partial charge is 0.505 e. The lowest BCUT2D eigenvalue weighted by molar-refractivity contribution is 0.0129. The molecule has 1 atom stereocenters. The zero-order valence-corrected chi connectivity index (χ0v) is 16.5. The number of hydrogen-bond acceptors (Lipinski definition) is 3. The predicted octanol–water partition coefficient (Wildman–Crippen LogP) is 5.89. The van der Waals surface area contributed by atoms with Crippen molar-refractivity contribution in [3.63, 3.8) is 0 Å². The van der Waals surface area contributed by atoms with E-state index in [1.54, 1.807) is 12.1 Å². The van der Waals surface area contributed by atoms with Gasteiger partial charge in [-0.25, -0.2) is 8.78 Å². The Morgan fingerprint density at radius 2 is 1.76 bits per heavy atom. The van der Waals surface area contributed by atoms with E-state index in [0.29, 0.717) is 48.8 Å². The molecule has 2 aromatic rings. The molecule has 0 saturated heterocycles. The van der Waals surface area contributed by atoms with Crippen LogP contribution in [-0.4, -0.2) is 16.3 Å². The molecule has 158 valence electrons. The number of aliphatic hydroxyl groups excluding tert-OH is 1. The lowest BCUT2D eigenvalue weighted by Crippen LogP contribution is -2.21. The summed E-state index contributed by atoms with van der Waals surface area (Å²) in [6.45, 7) is 2.20. The number of aromatic hydroxyl groups is 1. The first-order valence-corrected chi connectivity index (χ1v) is 10.2. The standard InChI is InChI=1S/C23H27F3O3/c1-2-3-20(27)18-9-4-14(12-19(18)24)13-29-16-7-5-15(6-8-16)17-10-11-21(28)23(26)22(17)25/h4,9-12,15-16,20,27-28H,2-3,5-8,13H2,1H3. The van der Waals surface area contributed by atoms with Crippen LogP contribution >= 0.6 is 0 Å². The number of phenols is 1. The third kappa shape index (κ3) is 5.11. The fourth-order valence-electron chi connectivity index (χ4n) is 3.98. The van der Waals surface area contributed by atoms with Gasteiger partial charge >= 0.3 is 0 Å². The highest BCUT2D eigenvalue weighted by molar-refractivity contribution is 5.32. The Balaban J connectivity index is 1.53. The molecule has 1 fully saturated rings. The van der Waals surface area contributed by atoms with E-state index in [-0.39, 0.29) is 18.6 Å². The molecule has 3 nitrogen and oxygen atoms in total. The molecule has 0 spiro atoms. The summed E-state index contributed by atoms with van der Waals surface area (Å²) in [5, 5.41) is 19.2. The molecule has 0 bridgehead atoms. The molecular weight excluding hydrogens is 381 g/mol. The van der Waals surface area contributed by atoms with Crippen LogP contribution in [0.1, 0.15) is 74.2 Å². The van der Waals surface area contributed by atoms with Gasteiger partial charge in [0.2, 0.25) is 5.82 Å². The maximum atomic E-state index is 14.2. The van der Waals surface area contributed by atoms with Crippen LogP contribution in [0.2, 0.25) is 0 Å². The molecule has 0 aliphatic heterocycles. The van der Waals surface area contributed by atoms with E-state index in [1.807, 2.05) is 6.92 Å². The van der Waals surface area contributed by atoms with Crippen molar-refractivity contribution in [1.29, 1.82) is 0 Å². The van der Waals surface area contributed by atoms with Gasteiger partial charge in [0.1, 0.15) is 5.82 Å². The van der Waals surface area contributed by atoms with E-state index in [9.17, 15) is 23.4 Å². The maximum Gasteiger partial charge on any atom is 0.200 e. The number of phenolic OH excluding ortho intramolecular Hbond substituents is 1. The van der Waals surface area contributed by atoms with Crippen molar-refractivity contribution < 1.29 is 28.1 Å². The topological polar surface area (TPSA) is 49.7 Å². The number of rotatable bonds is 7. The monoisotopic (exact) mass is 408 g/mol. The second-order valence-electron chi connectivity index (χ2n) is 7.75. The first-order chi connectivity index (χ1) is 13.9. The Labute approximate surface area is 169 Å². The number of halogens is 3. The number of benzene rings is 2. The number of hydrogen-bond donors (Lipinski definition) is 2. The van der Waals surface area contributed by atoms with Gasteiger partial charge in [-0.3, -0.25) is 0 Å². The minimum Gasteiger partial charge on any atom is -0.505 e. The molecule has 0 heterocycles. The van der Waals surface area contributed by atoms with Gasteiger partial charge in [-0.2, -0.15) is 4.39 Å². The average Bonchev–Trinajstić information content (AvgIpc) is 2.71. The summed E-state index contributed by atoms with van der Waals surface area (Å²) >= 11 is 0. The van der Waals surface area contributed by atoms with E-state index in [1.165, 1.54) is 18.2 Å². The van der Waals surface area contributed by atoms with Crippen LogP contribution in [0.4, 0.5) is 13.2 Å². The summed E-state index contributed by atoms with van der Waals surface area (Å²) in [6, 6.07) is 7.39. The predicted molar refractivity (Wildman–Crippen MR) is 104 cm³/mol. The first-order valence-electron chi connectivity index (χ1n) is 10.2. The molecule has 1 aliphatic carbocycles. The van der Waals surface area contributed by atoms with Crippen LogP contribution in [-0.2, 0) is 11.3 Å². The van der Waals surface area contributed by atoms with Gasteiger partial charge in [-0.1, -0.05) is 31.5 Å². The minimum atomic E-state index is -1.20. The SMILES string of the molecule is CCCC(O)c1ccc(COC2CCC(c3ccc(O)c(F)c3F)CC2)cc1F. The molecule has 29 heavy (non-hydrogen) atoms. The second-order valence-corrected chi connectivity index (χ2v) is 7.75. The van der Waals surface area contributed by atoms with Gasteiger partial charge < -0.3 is 14.9 Å². The van der Waals surface area contributed by atoms with Crippen molar-refractivity contribution in [1.82, 2.24) is 0 Å². The van der Waals surface area contributed by atoms with E-state index >= 15 is 0 Å². The van der Waals surface area contributed by atoms with Crippen LogP contribution in [0.25, 0.3) is 0 Å². The van der Waals surface area contributed by atoms with Gasteiger partial charge in [0.15, 0.2) is 11.6 Å². The summed E-state index contributed by atoms with van der Waals surface area (Å²) < 4.78 is 47.8. The average molecular weight is 408 g/mol. The third-order valence-corrected chi connectivity index (χ3v) is 5.68. The van der Waals surface area contributed by atoms with E-state index in [0.717, 1.165) is 6.42 Å². The third-order valence-electron chi connectivity index (χ3n) is 5.68. The summed E-state index contributed by atoms with van der Waals surface area (Å²) in [4.78, 5) is 0. The minimum absolute atomic E-state index is 0.0234. The summed E-state index contributed by atoms with van der Waals surface area (Å²) in [6.07, 6.45) is 3.17. The first kappa shape index (κ1) is 21.7. The summed E-state index contributed by atoms with van der Waals surface area (Å²) in [5.74, 6) is -3.39. The Morgan fingerprint density at radius 3 is 2.41 bits per heavy atom. The van der Waals surface area contributed by atoms with Crippen molar-refractivity contribution in [3.8, 4) is 5.75 Å². The van der Waals surface area contributed by atoms with Gasteiger partial charge in [0, 0.05) is 5.56 Å². The lowest BCUT2D eigenvalue weighted by Gasteiger charge is -2.29. The van der Waals surface area contributed by atoms with Gasteiger partial charge in [0.05, 0.1) is 18.8 Å². The molecule has 6 heteroatoms. The zero-order chi connectivity index (χ0) is 21.0. The molecule has 2 N–H and O–H groups in total. The quantitative estimate of drug-likeness (QED) is 0.601. The van der Waals surface area contributed by atoms with Crippen LogP contribution in [0.15, 0.2) is 30.3 Å². The van der Waals surface area contributed by atoms with Gasteiger partial charge in [-0.05, 0) is 61.3 Å². The Hall–Kier alpha value is -2.05. The van der Waals surface area contributed by atoms with E-state index in [2.05, 4.69) is 0 Å². The molecule has 1 unspecified atom stereocenters. The van der Waals surface area contributed by atoms with E-state index in [4.69, 9.17) is 4.74 Å². The van der Waals surface area contributed by atoms with Crippen LogP contribution in [0.3, 0.4) is 0 Å². The Kier molecular flexibility index (Phi) is 7.19. The lowest BCUT2D eigenvalue weighted by atomic mass is 9.82. The molecule has 2 aromatic carbocycles. The van der Waals surface area contributed by atoms with Gasteiger partial charge in [-0.15, -0.1) is 0 Å². The van der Waals surface area contributed by atoms with Crippen LogP contribution in [0.5, 0.6) is 5.75 Å². The van der Waals surface area contributed by atoms with Crippen molar-refractivity contribution in [3.05, 3.63) is 64.5 Å². The molecule has 1 saturated carbocycles. The zero-order valence-electron chi connectivity index (χ0n) is 16.5. The highest BCUT2D eigenvalue weighted by atomic mass is 19.2. The van der Waals surface area contributed by atoms with Crippen molar-refractivity contribution in [2.24, 2.45) is 0 Å². The fourth-order valence-corrected chi connectivity index (χ4v) is 3.98. The summed E-state index contributed by atoms with van der Waals surface area (Å²) in [7, 11) is 0. The normalized spacial score (nSPS) is 20.6. The van der Waals surface area contributed by atoms with Crippen LogP contribution in [0, 0.1) is 17.5 Å². The van der Waals surface area contributed by atoms with Crippen molar-refractivity contribution in [2.75, 3.05) is 0 Å². The van der Waals surface area contributed by atoms with Crippen molar-refractivity contribution >= 4 is 0 Å².